The topological polar surface area (TPSA) is 88.2 Å². The fourth-order valence-electron chi connectivity index (χ4n) is 4.17. The summed E-state index contributed by atoms with van der Waals surface area (Å²) in [7, 11) is 0. The number of amides is 2. The third-order valence-corrected chi connectivity index (χ3v) is 6.02. The first-order valence-corrected chi connectivity index (χ1v) is 11.4. The van der Waals surface area contributed by atoms with E-state index in [9.17, 15) is 18.8 Å². The zero-order valence-electron chi connectivity index (χ0n) is 19.1. The first-order chi connectivity index (χ1) is 16.4. The lowest BCUT2D eigenvalue weighted by atomic mass is 10.1. The maximum atomic E-state index is 13.3. The van der Waals surface area contributed by atoms with Gasteiger partial charge in [0.05, 0.1) is 5.69 Å². The second kappa shape index (κ2) is 10.6. The molecule has 2 aliphatic heterocycles. The molecule has 0 spiro atoms. The van der Waals surface area contributed by atoms with Crippen LogP contribution in [0.2, 0.25) is 0 Å². The van der Waals surface area contributed by atoms with Gasteiger partial charge in [0.2, 0.25) is 5.91 Å². The summed E-state index contributed by atoms with van der Waals surface area (Å²) in [5.74, 6) is -0.795. The third-order valence-electron chi connectivity index (χ3n) is 6.02. The summed E-state index contributed by atoms with van der Waals surface area (Å²) in [4.78, 5) is 41.8. The molecule has 0 bridgehead atoms. The number of nitrogens with one attached hydrogen (secondary N) is 1. The highest BCUT2D eigenvalue weighted by Gasteiger charge is 2.33. The molecule has 2 aromatic rings. The Hall–Kier alpha value is -3.46. The molecule has 34 heavy (non-hydrogen) atoms. The van der Waals surface area contributed by atoms with E-state index in [1.165, 1.54) is 42.0 Å². The van der Waals surface area contributed by atoms with Crippen LogP contribution < -0.4 is 19.7 Å². The van der Waals surface area contributed by atoms with Crippen LogP contribution in [-0.2, 0) is 9.59 Å². The Labute approximate surface area is 197 Å². The SMILES string of the molecule is CC(C(=O)NCCN1CCCC1)N1C(=O)COc2ccc(C(=O)COc3cccc(F)c3)cc21. The minimum absolute atomic E-state index is 0.186. The summed E-state index contributed by atoms with van der Waals surface area (Å²) >= 11 is 0. The number of anilines is 1. The molecule has 1 N–H and O–H groups in total. The van der Waals surface area contributed by atoms with E-state index < -0.39 is 11.9 Å². The fourth-order valence-corrected chi connectivity index (χ4v) is 4.17. The van der Waals surface area contributed by atoms with Crippen LogP contribution in [0.1, 0.15) is 30.1 Å². The van der Waals surface area contributed by atoms with Crippen LogP contribution in [0.3, 0.4) is 0 Å². The van der Waals surface area contributed by atoms with Crippen LogP contribution in [0, 0.1) is 5.82 Å². The Morgan fingerprint density at radius 2 is 1.97 bits per heavy atom. The van der Waals surface area contributed by atoms with Gasteiger partial charge in [-0.1, -0.05) is 6.07 Å². The van der Waals surface area contributed by atoms with Gasteiger partial charge in [-0.3, -0.25) is 19.3 Å². The first-order valence-electron chi connectivity index (χ1n) is 11.4. The maximum absolute atomic E-state index is 13.3. The van der Waals surface area contributed by atoms with Crippen molar-refractivity contribution in [1.82, 2.24) is 10.2 Å². The number of nitrogens with zero attached hydrogens (tertiary/aromatic N) is 2. The second-order valence-corrected chi connectivity index (χ2v) is 8.42. The lowest BCUT2D eigenvalue weighted by molar-refractivity contribution is -0.127. The van der Waals surface area contributed by atoms with Crippen molar-refractivity contribution in [3.05, 3.63) is 53.8 Å². The van der Waals surface area contributed by atoms with E-state index in [0.717, 1.165) is 19.6 Å². The molecule has 1 saturated heterocycles. The van der Waals surface area contributed by atoms with E-state index >= 15 is 0 Å². The minimum atomic E-state index is -0.775. The van der Waals surface area contributed by atoms with Crippen molar-refractivity contribution < 1.29 is 28.2 Å². The van der Waals surface area contributed by atoms with Crippen molar-refractivity contribution in [3.8, 4) is 11.5 Å². The van der Waals surface area contributed by atoms with Crippen molar-refractivity contribution >= 4 is 23.3 Å². The molecule has 0 aliphatic carbocycles. The average molecular weight is 470 g/mol. The van der Waals surface area contributed by atoms with Gasteiger partial charge < -0.3 is 19.7 Å². The van der Waals surface area contributed by atoms with E-state index in [-0.39, 0.29) is 36.6 Å². The molecule has 180 valence electrons. The van der Waals surface area contributed by atoms with Gasteiger partial charge in [-0.25, -0.2) is 4.39 Å². The van der Waals surface area contributed by atoms with Crippen LogP contribution in [0.25, 0.3) is 0 Å². The molecule has 4 rings (SSSR count). The zero-order valence-corrected chi connectivity index (χ0v) is 19.1. The summed E-state index contributed by atoms with van der Waals surface area (Å²) < 4.78 is 24.2. The van der Waals surface area contributed by atoms with E-state index in [2.05, 4.69) is 10.2 Å². The Balaban J connectivity index is 1.43. The highest BCUT2D eigenvalue weighted by Crippen LogP contribution is 2.34. The van der Waals surface area contributed by atoms with E-state index in [0.29, 0.717) is 23.5 Å². The quantitative estimate of drug-likeness (QED) is 0.568. The monoisotopic (exact) mass is 469 g/mol. The number of ketones is 1. The maximum Gasteiger partial charge on any atom is 0.265 e. The zero-order chi connectivity index (χ0) is 24.1. The summed E-state index contributed by atoms with van der Waals surface area (Å²) in [6, 6.07) is 9.45. The molecule has 0 aromatic heterocycles. The number of benzene rings is 2. The number of halogens is 1. The predicted octanol–water partition coefficient (Wildman–Crippen LogP) is 2.41. The summed E-state index contributed by atoms with van der Waals surface area (Å²) in [5.41, 5.74) is 0.648. The van der Waals surface area contributed by atoms with Crippen LogP contribution in [0.4, 0.5) is 10.1 Å². The standard InChI is InChI=1S/C25H28FN3O5/c1-17(25(32)27-9-12-28-10-2-3-11-28)29-21-13-18(7-8-23(21)34-16-24(29)31)22(30)15-33-20-6-4-5-19(26)14-20/h4-8,13-14,17H,2-3,9-12,15-16H2,1H3,(H,27,32). The minimum Gasteiger partial charge on any atom is -0.485 e. The fraction of sp³-hybridized carbons (Fsp3) is 0.400. The van der Waals surface area contributed by atoms with Crippen molar-refractivity contribution in [2.45, 2.75) is 25.8 Å². The number of carbonyl (C=O) groups excluding carboxylic acids is 3. The molecule has 1 atom stereocenters. The number of rotatable bonds is 9. The van der Waals surface area contributed by atoms with Gasteiger partial charge in [0, 0.05) is 24.7 Å². The molecular weight excluding hydrogens is 441 g/mol. The van der Waals surface area contributed by atoms with E-state index in [1.807, 2.05) is 0 Å². The number of ether oxygens (including phenoxy) is 2. The molecule has 0 saturated carbocycles. The van der Waals surface area contributed by atoms with Crippen molar-refractivity contribution in [2.24, 2.45) is 0 Å². The Morgan fingerprint density at radius 1 is 1.18 bits per heavy atom. The van der Waals surface area contributed by atoms with Gasteiger partial charge in [0.15, 0.2) is 19.0 Å². The number of Topliss-reactive ketones (excluding diaryl/α,β-unsaturated/α-hetero) is 1. The highest BCUT2D eigenvalue weighted by molar-refractivity contribution is 6.05. The van der Waals surface area contributed by atoms with E-state index in [1.54, 1.807) is 25.1 Å². The lowest BCUT2D eigenvalue weighted by Crippen LogP contribution is -2.52. The average Bonchev–Trinajstić information content (AvgIpc) is 3.35. The van der Waals surface area contributed by atoms with Crippen molar-refractivity contribution in [3.63, 3.8) is 0 Å². The molecule has 2 amide bonds. The van der Waals surface area contributed by atoms with Crippen molar-refractivity contribution in [1.29, 1.82) is 0 Å². The third kappa shape index (κ3) is 5.53. The molecule has 2 aromatic carbocycles. The molecular formula is C25H28FN3O5. The summed E-state index contributed by atoms with van der Waals surface area (Å²) in [6.07, 6.45) is 2.36. The Morgan fingerprint density at radius 3 is 2.74 bits per heavy atom. The molecule has 8 nitrogen and oxygen atoms in total. The van der Waals surface area contributed by atoms with Crippen LogP contribution in [-0.4, -0.2) is 67.9 Å². The Bertz CT molecular complexity index is 1070. The molecule has 1 unspecified atom stereocenters. The number of fused-ring (bicyclic) bond motifs is 1. The van der Waals surface area contributed by atoms with Gasteiger partial charge in [-0.2, -0.15) is 0 Å². The summed E-state index contributed by atoms with van der Waals surface area (Å²) in [5, 5.41) is 2.91. The van der Waals surface area contributed by atoms with Gasteiger partial charge >= 0.3 is 0 Å². The highest BCUT2D eigenvalue weighted by atomic mass is 19.1. The normalized spacial score (nSPS) is 16.5. The lowest BCUT2D eigenvalue weighted by Gasteiger charge is -2.33. The van der Waals surface area contributed by atoms with Crippen LogP contribution >= 0.6 is 0 Å². The van der Waals surface area contributed by atoms with Gasteiger partial charge in [0.1, 0.15) is 23.4 Å². The number of carbonyl (C=O) groups is 3. The van der Waals surface area contributed by atoms with Crippen LogP contribution in [0.5, 0.6) is 11.5 Å². The Kier molecular flexibility index (Phi) is 7.42. The van der Waals surface area contributed by atoms with Gasteiger partial charge in [0.25, 0.3) is 5.91 Å². The second-order valence-electron chi connectivity index (χ2n) is 8.42. The van der Waals surface area contributed by atoms with Gasteiger partial charge in [-0.05, 0) is 63.2 Å². The number of likely N-dealkylation sites (tertiary alicyclic amines) is 1. The number of hydrogen-bond donors (Lipinski definition) is 1. The van der Waals surface area contributed by atoms with Crippen LogP contribution in [0.15, 0.2) is 42.5 Å². The molecule has 9 heteroatoms. The largest absolute Gasteiger partial charge is 0.485 e. The molecule has 1 fully saturated rings. The molecule has 2 aliphatic rings. The van der Waals surface area contributed by atoms with Crippen molar-refractivity contribution in [2.75, 3.05) is 44.3 Å². The smallest absolute Gasteiger partial charge is 0.265 e. The summed E-state index contributed by atoms with van der Waals surface area (Å²) in [6.45, 7) is 4.53. The first kappa shape index (κ1) is 23.7. The van der Waals surface area contributed by atoms with E-state index in [4.69, 9.17) is 9.47 Å². The van der Waals surface area contributed by atoms with Gasteiger partial charge in [-0.15, -0.1) is 0 Å². The predicted molar refractivity (Wildman–Crippen MR) is 124 cm³/mol. The molecule has 0 radical (unpaired) electrons. The number of hydrogen-bond acceptors (Lipinski definition) is 6. The molecule has 2 heterocycles.